The van der Waals surface area contributed by atoms with Crippen molar-refractivity contribution in [2.75, 3.05) is 0 Å². The van der Waals surface area contributed by atoms with Crippen LogP contribution in [0.25, 0.3) is 11.1 Å². The van der Waals surface area contributed by atoms with Crippen LogP contribution in [0.1, 0.15) is 45.7 Å². The SMILES string of the molecule is C[C@H]1CC(c2ccc(-c3ccccc3)cc2)N(C(=O)C(C)(C)C)C1=O. The maximum atomic E-state index is 12.8. The lowest BCUT2D eigenvalue weighted by Gasteiger charge is -2.29. The van der Waals surface area contributed by atoms with Crippen molar-refractivity contribution >= 4 is 11.8 Å². The van der Waals surface area contributed by atoms with Crippen LogP contribution in [-0.4, -0.2) is 16.7 Å². The van der Waals surface area contributed by atoms with Crippen LogP contribution < -0.4 is 0 Å². The molecule has 25 heavy (non-hydrogen) atoms. The molecule has 3 nitrogen and oxygen atoms in total. The molecule has 1 fully saturated rings. The number of amides is 2. The first-order valence-corrected chi connectivity index (χ1v) is 8.82. The summed E-state index contributed by atoms with van der Waals surface area (Å²) >= 11 is 0. The van der Waals surface area contributed by atoms with Gasteiger partial charge in [0.15, 0.2) is 0 Å². The summed E-state index contributed by atoms with van der Waals surface area (Å²) in [5.74, 6) is -0.277. The topological polar surface area (TPSA) is 37.4 Å². The zero-order valence-corrected chi connectivity index (χ0v) is 15.3. The van der Waals surface area contributed by atoms with E-state index in [2.05, 4.69) is 24.3 Å². The fraction of sp³-hybridized carbons (Fsp3) is 0.364. The van der Waals surface area contributed by atoms with Gasteiger partial charge in [-0.1, -0.05) is 82.3 Å². The Bertz CT molecular complexity index is 772. The molecule has 130 valence electrons. The zero-order valence-electron chi connectivity index (χ0n) is 15.3. The van der Waals surface area contributed by atoms with Gasteiger partial charge in [0.2, 0.25) is 11.8 Å². The van der Waals surface area contributed by atoms with Crippen LogP contribution in [-0.2, 0) is 9.59 Å². The molecule has 2 aromatic carbocycles. The normalized spacial score (nSPS) is 20.8. The number of hydrogen-bond donors (Lipinski definition) is 0. The van der Waals surface area contributed by atoms with E-state index in [0.29, 0.717) is 6.42 Å². The molecule has 0 radical (unpaired) electrons. The van der Waals surface area contributed by atoms with Crippen LogP contribution in [0, 0.1) is 11.3 Å². The Morgan fingerprint density at radius 2 is 1.52 bits per heavy atom. The highest BCUT2D eigenvalue weighted by atomic mass is 16.2. The predicted molar refractivity (Wildman–Crippen MR) is 99.7 cm³/mol. The summed E-state index contributed by atoms with van der Waals surface area (Å²) in [6.45, 7) is 7.49. The summed E-state index contributed by atoms with van der Waals surface area (Å²) in [5, 5.41) is 0. The van der Waals surface area contributed by atoms with E-state index in [9.17, 15) is 9.59 Å². The molecule has 0 aromatic heterocycles. The Hall–Kier alpha value is -2.42. The van der Waals surface area contributed by atoms with Gasteiger partial charge < -0.3 is 0 Å². The van der Waals surface area contributed by atoms with Crippen molar-refractivity contribution < 1.29 is 9.59 Å². The van der Waals surface area contributed by atoms with Crippen molar-refractivity contribution in [2.45, 2.75) is 40.2 Å². The maximum absolute atomic E-state index is 12.8. The smallest absolute Gasteiger partial charge is 0.235 e. The number of benzene rings is 2. The molecule has 0 N–H and O–H groups in total. The summed E-state index contributed by atoms with van der Waals surface area (Å²) < 4.78 is 0. The van der Waals surface area contributed by atoms with Crippen molar-refractivity contribution in [1.29, 1.82) is 0 Å². The number of likely N-dealkylation sites (tertiary alicyclic amines) is 1. The standard InChI is InChI=1S/C22H25NO2/c1-15-14-19(23(20(15)24)21(25)22(2,3)4)18-12-10-17(11-13-18)16-8-6-5-7-9-16/h5-13,15,19H,14H2,1-4H3/t15-,19?/m0/s1. The average molecular weight is 335 g/mol. The number of nitrogens with zero attached hydrogens (tertiary/aromatic N) is 1. The van der Waals surface area contributed by atoms with E-state index in [1.54, 1.807) is 0 Å². The molecule has 1 aliphatic rings. The molecular weight excluding hydrogens is 310 g/mol. The second kappa shape index (κ2) is 6.47. The van der Waals surface area contributed by atoms with Crippen molar-refractivity contribution in [3.8, 4) is 11.1 Å². The van der Waals surface area contributed by atoms with Gasteiger partial charge in [-0.2, -0.15) is 0 Å². The molecule has 3 rings (SSSR count). The van der Waals surface area contributed by atoms with Crippen LogP contribution in [0.15, 0.2) is 54.6 Å². The molecule has 1 aliphatic heterocycles. The Balaban J connectivity index is 1.91. The molecule has 0 saturated carbocycles. The zero-order chi connectivity index (χ0) is 18.2. The van der Waals surface area contributed by atoms with Crippen LogP contribution in [0.2, 0.25) is 0 Å². The summed E-state index contributed by atoms with van der Waals surface area (Å²) in [7, 11) is 0. The predicted octanol–water partition coefficient (Wildman–Crippen LogP) is 4.84. The fourth-order valence-corrected chi connectivity index (χ4v) is 3.35. The summed E-state index contributed by atoms with van der Waals surface area (Å²) in [6.07, 6.45) is 0.686. The Labute approximate surface area is 149 Å². The monoisotopic (exact) mass is 335 g/mol. The van der Waals surface area contributed by atoms with E-state index in [-0.39, 0.29) is 23.8 Å². The van der Waals surface area contributed by atoms with Gasteiger partial charge in [0.25, 0.3) is 0 Å². The van der Waals surface area contributed by atoms with Gasteiger partial charge in [-0.25, -0.2) is 0 Å². The summed E-state index contributed by atoms with van der Waals surface area (Å²) in [6, 6.07) is 18.2. The molecule has 1 unspecified atom stereocenters. The first-order valence-electron chi connectivity index (χ1n) is 8.82. The fourth-order valence-electron chi connectivity index (χ4n) is 3.35. The maximum Gasteiger partial charge on any atom is 0.235 e. The van der Waals surface area contributed by atoms with Crippen molar-refractivity contribution in [3.63, 3.8) is 0 Å². The third kappa shape index (κ3) is 3.37. The van der Waals surface area contributed by atoms with Crippen molar-refractivity contribution in [3.05, 3.63) is 60.2 Å². The van der Waals surface area contributed by atoms with Crippen LogP contribution in [0.3, 0.4) is 0 Å². The van der Waals surface area contributed by atoms with Crippen LogP contribution >= 0.6 is 0 Å². The minimum Gasteiger partial charge on any atom is -0.274 e. The van der Waals surface area contributed by atoms with Gasteiger partial charge in [-0.3, -0.25) is 14.5 Å². The molecule has 0 aliphatic carbocycles. The molecule has 0 spiro atoms. The van der Waals surface area contributed by atoms with E-state index >= 15 is 0 Å². The first kappa shape index (κ1) is 17.4. The number of rotatable bonds is 2. The highest BCUT2D eigenvalue weighted by Gasteiger charge is 2.44. The molecular formula is C22H25NO2. The molecule has 1 heterocycles. The summed E-state index contributed by atoms with van der Waals surface area (Å²) in [4.78, 5) is 26.9. The first-order chi connectivity index (χ1) is 11.8. The van der Waals surface area contributed by atoms with Gasteiger partial charge in [0.1, 0.15) is 0 Å². The lowest BCUT2D eigenvalue weighted by molar-refractivity contribution is -0.150. The largest absolute Gasteiger partial charge is 0.274 e. The Morgan fingerprint density at radius 1 is 0.960 bits per heavy atom. The van der Waals surface area contributed by atoms with Crippen LogP contribution in [0.4, 0.5) is 0 Å². The van der Waals surface area contributed by atoms with E-state index in [1.165, 1.54) is 4.90 Å². The highest BCUT2D eigenvalue weighted by Crippen LogP contribution is 2.39. The van der Waals surface area contributed by atoms with Gasteiger partial charge in [0.05, 0.1) is 6.04 Å². The van der Waals surface area contributed by atoms with Gasteiger partial charge >= 0.3 is 0 Å². The quantitative estimate of drug-likeness (QED) is 0.788. The van der Waals surface area contributed by atoms with E-state index in [0.717, 1.165) is 16.7 Å². The number of carbonyl (C=O) groups is 2. The molecule has 2 amide bonds. The second-order valence-corrected chi connectivity index (χ2v) is 7.90. The number of imide groups is 1. The summed E-state index contributed by atoms with van der Waals surface area (Å²) in [5.41, 5.74) is 2.75. The number of carbonyl (C=O) groups excluding carboxylic acids is 2. The molecule has 3 heteroatoms. The Morgan fingerprint density at radius 3 is 2.08 bits per heavy atom. The van der Waals surface area contributed by atoms with Gasteiger partial charge in [0, 0.05) is 11.3 Å². The minimum atomic E-state index is -0.568. The number of hydrogen-bond acceptors (Lipinski definition) is 2. The molecule has 2 aromatic rings. The molecule has 1 saturated heterocycles. The average Bonchev–Trinajstić information content (AvgIpc) is 2.89. The van der Waals surface area contributed by atoms with Crippen molar-refractivity contribution in [1.82, 2.24) is 4.90 Å². The van der Waals surface area contributed by atoms with E-state index < -0.39 is 5.41 Å². The van der Waals surface area contributed by atoms with Crippen molar-refractivity contribution in [2.24, 2.45) is 11.3 Å². The highest BCUT2D eigenvalue weighted by molar-refractivity contribution is 6.00. The molecule has 0 bridgehead atoms. The molecule has 2 atom stereocenters. The van der Waals surface area contributed by atoms with Gasteiger partial charge in [-0.05, 0) is 23.1 Å². The minimum absolute atomic E-state index is 0.0583. The lowest BCUT2D eigenvalue weighted by Crippen LogP contribution is -2.42. The Kier molecular flexibility index (Phi) is 4.51. The van der Waals surface area contributed by atoms with E-state index in [1.807, 2.05) is 58.0 Å². The van der Waals surface area contributed by atoms with E-state index in [4.69, 9.17) is 0 Å². The third-order valence-electron chi connectivity index (χ3n) is 4.81. The van der Waals surface area contributed by atoms with Crippen LogP contribution in [0.5, 0.6) is 0 Å². The third-order valence-corrected chi connectivity index (χ3v) is 4.81. The second-order valence-electron chi connectivity index (χ2n) is 7.90. The van der Waals surface area contributed by atoms with Gasteiger partial charge in [-0.15, -0.1) is 0 Å². The lowest BCUT2D eigenvalue weighted by atomic mass is 9.93.